The molecule has 1 aliphatic rings. The molecular weight excluding hydrogens is 317 g/mol. The summed E-state index contributed by atoms with van der Waals surface area (Å²) < 4.78 is 13.4. The van der Waals surface area contributed by atoms with E-state index < -0.39 is 0 Å². The summed E-state index contributed by atoms with van der Waals surface area (Å²) in [4.78, 5) is 1.15. The molecular formula is C18H19ClFNS. The van der Waals surface area contributed by atoms with Crippen molar-refractivity contribution in [3.05, 3.63) is 63.9 Å². The Balaban J connectivity index is 1.91. The van der Waals surface area contributed by atoms with Gasteiger partial charge in [0.25, 0.3) is 0 Å². The minimum atomic E-state index is -0.188. The first kappa shape index (κ1) is 15.9. The van der Waals surface area contributed by atoms with Gasteiger partial charge in [-0.15, -0.1) is 11.8 Å². The summed E-state index contributed by atoms with van der Waals surface area (Å²) in [6.07, 6.45) is 2.03. The van der Waals surface area contributed by atoms with E-state index in [1.807, 2.05) is 12.1 Å². The summed E-state index contributed by atoms with van der Waals surface area (Å²) in [5.74, 6) is -0.188. The van der Waals surface area contributed by atoms with Crippen LogP contribution < -0.4 is 5.32 Å². The van der Waals surface area contributed by atoms with Gasteiger partial charge in [-0.05, 0) is 67.7 Å². The van der Waals surface area contributed by atoms with E-state index >= 15 is 0 Å². The van der Waals surface area contributed by atoms with Gasteiger partial charge in [-0.25, -0.2) is 4.39 Å². The van der Waals surface area contributed by atoms with Gasteiger partial charge in [0.15, 0.2) is 0 Å². The Morgan fingerprint density at radius 3 is 2.82 bits per heavy atom. The third-order valence-electron chi connectivity index (χ3n) is 4.05. The Kier molecular flexibility index (Phi) is 5.07. The zero-order chi connectivity index (χ0) is 15.5. The molecule has 0 aliphatic carbocycles. The molecule has 0 fully saturated rings. The number of halogens is 2. The summed E-state index contributed by atoms with van der Waals surface area (Å²) in [5.41, 5.74) is 3.72. The van der Waals surface area contributed by atoms with Gasteiger partial charge in [-0.3, -0.25) is 0 Å². The van der Waals surface area contributed by atoms with E-state index in [0.717, 1.165) is 41.4 Å². The molecule has 2 aromatic rings. The van der Waals surface area contributed by atoms with Gasteiger partial charge in [0.05, 0.1) is 5.02 Å². The Labute approximate surface area is 140 Å². The second-order valence-electron chi connectivity index (χ2n) is 5.58. The molecule has 0 bridgehead atoms. The summed E-state index contributed by atoms with van der Waals surface area (Å²) in [7, 11) is 0. The van der Waals surface area contributed by atoms with E-state index in [1.54, 1.807) is 23.9 Å². The van der Waals surface area contributed by atoms with Crippen LogP contribution >= 0.6 is 23.4 Å². The molecule has 0 spiro atoms. The standard InChI is InChI=1S/C18H19ClFNS/c1-12(14-3-2-4-15(20)11-14)22-18-16-8-10-21-9-7-13(16)5-6-17(18)19/h2-6,11-12,21H,7-10H2,1H3. The molecule has 0 saturated heterocycles. The van der Waals surface area contributed by atoms with Crippen LogP contribution in [0.2, 0.25) is 5.02 Å². The van der Waals surface area contributed by atoms with Crippen LogP contribution in [0.25, 0.3) is 0 Å². The van der Waals surface area contributed by atoms with Crippen LogP contribution in [0.4, 0.5) is 4.39 Å². The van der Waals surface area contributed by atoms with Gasteiger partial charge in [0.2, 0.25) is 0 Å². The quantitative estimate of drug-likeness (QED) is 0.790. The van der Waals surface area contributed by atoms with Crippen LogP contribution in [0.1, 0.15) is 28.9 Å². The number of benzene rings is 2. The topological polar surface area (TPSA) is 12.0 Å². The second-order valence-corrected chi connectivity index (χ2v) is 7.34. The van der Waals surface area contributed by atoms with Crippen LogP contribution in [0.5, 0.6) is 0 Å². The highest BCUT2D eigenvalue weighted by molar-refractivity contribution is 7.99. The number of rotatable bonds is 3. The highest BCUT2D eigenvalue weighted by atomic mass is 35.5. The number of nitrogens with one attached hydrogen (secondary N) is 1. The number of thioether (sulfide) groups is 1. The molecule has 2 aromatic carbocycles. The van der Waals surface area contributed by atoms with Gasteiger partial charge in [0, 0.05) is 10.1 Å². The van der Waals surface area contributed by atoms with E-state index in [0.29, 0.717) is 0 Å². The fourth-order valence-corrected chi connectivity index (χ4v) is 4.34. The Morgan fingerprint density at radius 2 is 2.00 bits per heavy atom. The lowest BCUT2D eigenvalue weighted by atomic mass is 10.0. The molecule has 4 heteroatoms. The molecule has 0 amide bonds. The number of fused-ring (bicyclic) bond motifs is 1. The SMILES string of the molecule is CC(Sc1c(Cl)ccc2c1CCNCC2)c1cccc(F)c1. The van der Waals surface area contributed by atoms with Crippen molar-refractivity contribution >= 4 is 23.4 Å². The Bertz CT molecular complexity index is 674. The maximum Gasteiger partial charge on any atom is 0.123 e. The zero-order valence-electron chi connectivity index (χ0n) is 12.5. The van der Waals surface area contributed by atoms with Crippen LogP contribution in [-0.4, -0.2) is 13.1 Å². The second kappa shape index (κ2) is 7.03. The molecule has 0 radical (unpaired) electrons. The fraction of sp³-hybridized carbons (Fsp3) is 0.333. The van der Waals surface area contributed by atoms with E-state index in [1.165, 1.54) is 17.2 Å². The van der Waals surface area contributed by atoms with E-state index in [2.05, 4.69) is 18.3 Å². The monoisotopic (exact) mass is 335 g/mol. The molecule has 3 rings (SSSR count). The summed E-state index contributed by atoms with van der Waals surface area (Å²) in [6, 6.07) is 11.0. The van der Waals surface area contributed by atoms with Crippen molar-refractivity contribution in [2.75, 3.05) is 13.1 Å². The van der Waals surface area contributed by atoms with Crippen molar-refractivity contribution in [3.8, 4) is 0 Å². The summed E-state index contributed by atoms with van der Waals surface area (Å²) in [6.45, 7) is 4.09. The van der Waals surface area contributed by atoms with E-state index in [-0.39, 0.29) is 11.1 Å². The predicted molar refractivity (Wildman–Crippen MR) is 92.4 cm³/mol. The van der Waals surface area contributed by atoms with E-state index in [9.17, 15) is 4.39 Å². The lowest BCUT2D eigenvalue weighted by Gasteiger charge is -2.18. The van der Waals surface area contributed by atoms with E-state index in [4.69, 9.17) is 11.6 Å². The van der Waals surface area contributed by atoms with Gasteiger partial charge in [0.1, 0.15) is 5.82 Å². The molecule has 22 heavy (non-hydrogen) atoms. The van der Waals surface area contributed by atoms with Crippen molar-refractivity contribution in [1.82, 2.24) is 5.32 Å². The maximum absolute atomic E-state index is 13.4. The average molecular weight is 336 g/mol. The molecule has 1 atom stereocenters. The predicted octanol–water partition coefficient (Wildman–Crippen LogP) is 5.02. The minimum absolute atomic E-state index is 0.163. The van der Waals surface area contributed by atoms with Gasteiger partial charge >= 0.3 is 0 Å². The number of hydrogen-bond donors (Lipinski definition) is 1. The van der Waals surface area contributed by atoms with Crippen LogP contribution in [-0.2, 0) is 12.8 Å². The molecule has 1 heterocycles. The third kappa shape index (κ3) is 3.48. The smallest absolute Gasteiger partial charge is 0.123 e. The Hall–Kier alpha value is -1.03. The minimum Gasteiger partial charge on any atom is -0.316 e. The zero-order valence-corrected chi connectivity index (χ0v) is 14.1. The van der Waals surface area contributed by atoms with Crippen molar-refractivity contribution in [2.45, 2.75) is 29.9 Å². The van der Waals surface area contributed by atoms with Crippen molar-refractivity contribution in [1.29, 1.82) is 0 Å². The highest BCUT2D eigenvalue weighted by Crippen LogP contribution is 2.42. The molecule has 1 unspecified atom stereocenters. The molecule has 116 valence electrons. The largest absolute Gasteiger partial charge is 0.316 e. The van der Waals surface area contributed by atoms with Crippen LogP contribution in [0.15, 0.2) is 41.3 Å². The fourth-order valence-electron chi connectivity index (χ4n) is 2.84. The first-order valence-electron chi connectivity index (χ1n) is 7.58. The maximum atomic E-state index is 13.4. The van der Waals surface area contributed by atoms with Crippen molar-refractivity contribution < 1.29 is 4.39 Å². The normalized spacial score (nSPS) is 16.0. The van der Waals surface area contributed by atoms with Crippen molar-refractivity contribution in [3.63, 3.8) is 0 Å². The average Bonchev–Trinajstić information content (AvgIpc) is 2.75. The molecule has 0 aromatic heterocycles. The van der Waals surface area contributed by atoms with Crippen LogP contribution in [0.3, 0.4) is 0 Å². The van der Waals surface area contributed by atoms with Gasteiger partial charge < -0.3 is 5.32 Å². The lowest BCUT2D eigenvalue weighted by molar-refractivity contribution is 0.625. The third-order valence-corrected chi connectivity index (χ3v) is 5.80. The molecule has 1 aliphatic heterocycles. The highest BCUT2D eigenvalue weighted by Gasteiger charge is 2.18. The first-order chi connectivity index (χ1) is 10.6. The molecule has 1 nitrogen and oxygen atoms in total. The Morgan fingerprint density at radius 1 is 1.18 bits per heavy atom. The summed E-state index contributed by atoms with van der Waals surface area (Å²) >= 11 is 8.19. The summed E-state index contributed by atoms with van der Waals surface area (Å²) in [5, 5.41) is 4.39. The number of hydrogen-bond acceptors (Lipinski definition) is 2. The molecule has 0 saturated carbocycles. The van der Waals surface area contributed by atoms with Gasteiger partial charge in [-0.1, -0.05) is 29.8 Å². The first-order valence-corrected chi connectivity index (χ1v) is 8.84. The van der Waals surface area contributed by atoms with Crippen LogP contribution in [0, 0.1) is 5.82 Å². The lowest BCUT2D eigenvalue weighted by Crippen LogP contribution is -2.16. The molecule has 1 N–H and O–H groups in total. The van der Waals surface area contributed by atoms with Crippen molar-refractivity contribution in [2.24, 2.45) is 0 Å². The van der Waals surface area contributed by atoms with Gasteiger partial charge in [-0.2, -0.15) is 0 Å².